The van der Waals surface area contributed by atoms with Gasteiger partial charge in [0.15, 0.2) is 0 Å². The molecule has 0 fully saturated rings. The second-order valence-corrected chi connectivity index (χ2v) is 3.81. The molecular formula is C12H16N2O3. The fourth-order valence-corrected chi connectivity index (χ4v) is 1.73. The van der Waals surface area contributed by atoms with E-state index in [0.717, 1.165) is 5.56 Å². The minimum absolute atomic E-state index is 0.329. The lowest BCUT2D eigenvalue weighted by Crippen LogP contribution is -2.21. The smallest absolute Gasteiger partial charge is 0.249 e. The van der Waals surface area contributed by atoms with Crippen LogP contribution in [0.25, 0.3) is 0 Å². The van der Waals surface area contributed by atoms with Crippen LogP contribution in [0.4, 0.5) is 0 Å². The first kappa shape index (κ1) is 13.2. The Hall–Kier alpha value is -1.88. The number of primary amides is 2. The van der Waals surface area contributed by atoms with Crippen LogP contribution in [-0.2, 0) is 11.2 Å². The first-order valence-electron chi connectivity index (χ1n) is 5.19. The van der Waals surface area contributed by atoms with Crippen molar-refractivity contribution in [3.8, 4) is 0 Å². The van der Waals surface area contributed by atoms with Gasteiger partial charge in [-0.2, -0.15) is 0 Å². The van der Waals surface area contributed by atoms with Gasteiger partial charge in [-0.1, -0.05) is 0 Å². The van der Waals surface area contributed by atoms with Crippen LogP contribution in [-0.4, -0.2) is 25.5 Å². The third kappa shape index (κ3) is 3.04. The van der Waals surface area contributed by atoms with Crippen molar-refractivity contribution in [1.29, 1.82) is 0 Å². The molecule has 0 heterocycles. The van der Waals surface area contributed by atoms with Crippen LogP contribution >= 0.6 is 0 Å². The lowest BCUT2D eigenvalue weighted by molar-refractivity contribution is 0.0998. The summed E-state index contributed by atoms with van der Waals surface area (Å²) < 4.78 is 4.94. The number of hydrogen-bond acceptors (Lipinski definition) is 3. The molecule has 0 radical (unpaired) electrons. The highest BCUT2D eigenvalue weighted by Gasteiger charge is 2.16. The minimum Gasteiger partial charge on any atom is -0.384 e. The van der Waals surface area contributed by atoms with Crippen LogP contribution in [0.2, 0.25) is 0 Å². The van der Waals surface area contributed by atoms with E-state index >= 15 is 0 Å². The van der Waals surface area contributed by atoms with Gasteiger partial charge in [0.2, 0.25) is 11.8 Å². The molecule has 0 spiro atoms. The standard InChI is InChI=1S/C12H16N2O3/c1-7-5-9(11(13)15)8(3-4-17-2)10(6-7)12(14)16/h5-6H,3-4H2,1-2H3,(H2,13,15)(H2,14,16). The topological polar surface area (TPSA) is 95.4 Å². The van der Waals surface area contributed by atoms with E-state index in [9.17, 15) is 9.59 Å². The Morgan fingerprint density at radius 2 is 1.65 bits per heavy atom. The van der Waals surface area contributed by atoms with Gasteiger partial charge in [-0.05, 0) is 36.6 Å². The largest absolute Gasteiger partial charge is 0.384 e. The maximum absolute atomic E-state index is 11.3. The van der Waals surface area contributed by atoms with Crippen LogP contribution < -0.4 is 11.5 Å². The molecule has 0 aliphatic heterocycles. The number of nitrogens with two attached hydrogens (primary N) is 2. The van der Waals surface area contributed by atoms with E-state index in [4.69, 9.17) is 16.2 Å². The van der Waals surface area contributed by atoms with Crippen molar-refractivity contribution in [3.05, 3.63) is 34.4 Å². The summed E-state index contributed by atoms with van der Waals surface area (Å²) >= 11 is 0. The van der Waals surface area contributed by atoms with Crippen molar-refractivity contribution in [3.63, 3.8) is 0 Å². The second-order valence-electron chi connectivity index (χ2n) is 3.81. The van der Waals surface area contributed by atoms with E-state index in [1.54, 1.807) is 26.2 Å². The molecule has 0 saturated heterocycles. The third-order valence-electron chi connectivity index (χ3n) is 2.48. The number of ether oxygens (including phenoxy) is 1. The van der Waals surface area contributed by atoms with Crippen molar-refractivity contribution < 1.29 is 14.3 Å². The molecule has 0 bridgehead atoms. The average molecular weight is 236 g/mol. The number of rotatable bonds is 5. The molecule has 0 unspecified atom stereocenters. The average Bonchev–Trinajstić information content (AvgIpc) is 2.26. The molecular weight excluding hydrogens is 220 g/mol. The van der Waals surface area contributed by atoms with Crippen molar-refractivity contribution in [2.24, 2.45) is 11.5 Å². The summed E-state index contributed by atoms with van der Waals surface area (Å²) in [5.74, 6) is -1.13. The predicted molar refractivity (Wildman–Crippen MR) is 63.8 cm³/mol. The highest BCUT2D eigenvalue weighted by atomic mass is 16.5. The number of carbonyl (C=O) groups excluding carboxylic acids is 2. The van der Waals surface area contributed by atoms with Crippen molar-refractivity contribution in [2.45, 2.75) is 13.3 Å². The highest BCUT2D eigenvalue weighted by molar-refractivity contribution is 6.01. The van der Waals surface area contributed by atoms with Gasteiger partial charge in [0.05, 0.1) is 6.61 Å². The molecule has 92 valence electrons. The number of carbonyl (C=O) groups is 2. The summed E-state index contributed by atoms with van der Waals surface area (Å²) in [7, 11) is 1.54. The van der Waals surface area contributed by atoms with E-state index < -0.39 is 11.8 Å². The van der Waals surface area contributed by atoms with E-state index in [1.807, 2.05) is 0 Å². The Kier molecular flexibility index (Phi) is 4.23. The molecule has 5 heteroatoms. The Morgan fingerprint density at radius 3 is 2.00 bits per heavy atom. The van der Waals surface area contributed by atoms with Crippen molar-refractivity contribution in [1.82, 2.24) is 0 Å². The van der Waals surface area contributed by atoms with Gasteiger partial charge in [0, 0.05) is 18.2 Å². The zero-order valence-corrected chi connectivity index (χ0v) is 9.95. The van der Waals surface area contributed by atoms with Gasteiger partial charge in [-0.3, -0.25) is 9.59 Å². The summed E-state index contributed by atoms with van der Waals surface area (Å²) in [6.07, 6.45) is 0.424. The normalized spacial score (nSPS) is 10.2. The Balaban J connectivity index is 3.36. The maximum atomic E-state index is 11.3. The van der Waals surface area contributed by atoms with E-state index in [2.05, 4.69) is 0 Å². The summed E-state index contributed by atoms with van der Waals surface area (Å²) in [5, 5.41) is 0. The molecule has 0 aliphatic rings. The molecule has 17 heavy (non-hydrogen) atoms. The number of methoxy groups -OCH3 is 1. The molecule has 5 nitrogen and oxygen atoms in total. The maximum Gasteiger partial charge on any atom is 0.249 e. The lowest BCUT2D eigenvalue weighted by atomic mass is 9.95. The molecule has 4 N–H and O–H groups in total. The zero-order chi connectivity index (χ0) is 13.0. The summed E-state index contributed by atoms with van der Waals surface area (Å²) in [5.41, 5.74) is 12.6. The van der Waals surface area contributed by atoms with Gasteiger partial charge in [0.1, 0.15) is 0 Å². The molecule has 0 saturated carbocycles. The van der Waals surface area contributed by atoms with Crippen LogP contribution in [0.15, 0.2) is 12.1 Å². The van der Waals surface area contributed by atoms with Gasteiger partial charge in [0.25, 0.3) is 0 Å². The van der Waals surface area contributed by atoms with E-state index in [-0.39, 0.29) is 0 Å². The number of amides is 2. The fourth-order valence-electron chi connectivity index (χ4n) is 1.73. The van der Waals surface area contributed by atoms with Gasteiger partial charge in [-0.25, -0.2) is 0 Å². The lowest BCUT2D eigenvalue weighted by Gasteiger charge is -2.12. The molecule has 0 aromatic heterocycles. The SMILES string of the molecule is COCCc1c(C(N)=O)cc(C)cc1C(N)=O. The van der Waals surface area contributed by atoms with E-state index in [0.29, 0.717) is 29.7 Å². The van der Waals surface area contributed by atoms with Gasteiger partial charge < -0.3 is 16.2 Å². The number of aryl methyl sites for hydroxylation is 1. The molecule has 1 aromatic carbocycles. The fraction of sp³-hybridized carbons (Fsp3) is 0.333. The monoisotopic (exact) mass is 236 g/mol. The minimum atomic E-state index is -0.567. The zero-order valence-electron chi connectivity index (χ0n) is 9.95. The second kappa shape index (κ2) is 5.45. The first-order chi connectivity index (χ1) is 7.97. The van der Waals surface area contributed by atoms with Crippen molar-refractivity contribution >= 4 is 11.8 Å². The first-order valence-corrected chi connectivity index (χ1v) is 5.19. The third-order valence-corrected chi connectivity index (χ3v) is 2.48. The van der Waals surface area contributed by atoms with Crippen LogP contribution in [0, 0.1) is 6.92 Å². The molecule has 1 aromatic rings. The Bertz CT molecular complexity index is 420. The quantitative estimate of drug-likeness (QED) is 0.773. The van der Waals surface area contributed by atoms with Crippen LogP contribution in [0.3, 0.4) is 0 Å². The molecule has 0 atom stereocenters. The van der Waals surface area contributed by atoms with E-state index in [1.165, 1.54) is 0 Å². The summed E-state index contributed by atoms with van der Waals surface area (Å²) in [6, 6.07) is 3.31. The number of benzene rings is 1. The molecule has 1 rings (SSSR count). The van der Waals surface area contributed by atoms with Crippen LogP contribution in [0.1, 0.15) is 31.8 Å². The van der Waals surface area contributed by atoms with Crippen LogP contribution in [0.5, 0.6) is 0 Å². The molecule has 2 amide bonds. The Morgan fingerprint density at radius 1 is 1.18 bits per heavy atom. The van der Waals surface area contributed by atoms with Gasteiger partial charge in [-0.15, -0.1) is 0 Å². The highest BCUT2D eigenvalue weighted by Crippen LogP contribution is 2.18. The van der Waals surface area contributed by atoms with Gasteiger partial charge >= 0.3 is 0 Å². The number of hydrogen-bond donors (Lipinski definition) is 2. The molecule has 0 aliphatic carbocycles. The predicted octanol–water partition coefficient (Wildman–Crippen LogP) is 0.382. The Labute approximate surface area is 99.7 Å². The summed E-state index contributed by atoms with van der Waals surface area (Å²) in [4.78, 5) is 22.7. The summed E-state index contributed by atoms with van der Waals surface area (Å²) in [6.45, 7) is 2.17. The van der Waals surface area contributed by atoms with Crippen molar-refractivity contribution in [2.75, 3.05) is 13.7 Å².